The minimum atomic E-state index is 0.263. The second-order valence-electron chi connectivity index (χ2n) is 7.81. The predicted molar refractivity (Wildman–Crippen MR) is 78.3 cm³/mol. The van der Waals surface area contributed by atoms with Gasteiger partial charge in [-0.05, 0) is 58.3 Å². The first-order valence-corrected chi connectivity index (χ1v) is 8.07. The highest BCUT2D eigenvalue weighted by molar-refractivity contribution is 5.07. The number of ether oxygens (including phenoxy) is 1. The van der Waals surface area contributed by atoms with E-state index in [4.69, 9.17) is 4.74 Å². The Balaban J connectivity index is 1.69. The number of piperazine rings is 1. The van der Waals surface area contributed by atoms with Gasteiger partial charge in [0.2, 0.25) is 0 Å². The Morgan fingerprint density at radius 2 is 1.79 bits per heavy atom. The molecule has 110 valence electrons. The van der Waals surface area contributed by atoms with E-state index in [1.165, 1.54) is 38.8 Å². The molecule has 19 heavy (non-hydrogen) atoms. The highest BCUT2D eigenvalue weighted by Gasteiger charge is 2.50. The summed E-state index contributed by atoms with van der Waals surface area (Å²) in [4.78, 5) is 2.82. The van der Waals surface area contributed by atoms with Gasteiger partial charge < -0.3 is 10.1 Å². The predicted octanol–water partition coefficient (Wildman–Crippen LogP) is 2.27. The zero-order valence-corrected chi connectivity index (χ0v) is 12.9. The lowest BCUT2D eigenvalue weighted by Gasteiger charge is -2.53. The molecule has 1 aliphatic carbocycles. The highest BCUT2D eigenvalue weighted by atomic mass is 16.5. The topological polar surface area (TPSA) is 24.5 Å². The first-order valence-electron chi connectivity index (χ1n) is 8.07. The zero-order valence-electron chi connectivity index (χ0n) is 12.9. The van der Waals surface area contributed by atoms with Crippen LogP contribution in [0.2, 0.25) is 0 Å². The Hall–Kier alpha value is -0.120. The fourth-order valence-electron chi connectivity index (χ4n) is 3.87. The molecule has 0 aromatic carbocycles. The summed E-state index contributed by atoms with van der Waals surface area (Å²) >= 11 is 0. The van der Waals surface area contributed by atoms with E-state index in [1.807, 2.05) is 0 Å². The minimum absolute atomic E-state index is 0.263. The Morgan fingerprint density at radius 3 is 2.42 bits per heavy atom. The third-order valence-corrected chi connectivity index (χ3v) is 5.51. The summed E-state index contributed by atoms with van der Waals surface area (Å²) in [6, 6.07) is 0. The van der Waals surface area contributed by atoms with E-state index in [0.29, 0.717) is 5.54 Å². The van der Waals surface area contributed by atoms with E-state index >= 15 is 0 Å². The molecule has 2 heterocycles. The van der Waals surface area contributed by atoms with Crippen molar-refractivity contribution in [3.05, 3.63) is 0 Å². The van der Waals surface area contributed by atoms with Gasteiger partial charge in [0.15, 0.2) is 0 Å². The lowest BCUT2D eigenvalue weighted by Crippen LogP contribution is -2.68. The molecule has 1 atom stereocenters. The van der Waals surface area contributed by atoms with Crippen molar-refractivity contribution in [1.82, 2.24) is 10.2 Å². The molecular formula is C16H30N2O. The van der Waals surface area contributed by atoms with E-state index < -0.39 is 0 Å². The summed E-state index contributed by atoms with van der Waals surface area (Å²) in [5.41, 5.74) is 0.660. The molecule has 3 rings (SSSR count). The van der Waals surface area contributed by atoms with Gasteiger partial charge in [0.1, 0.15) is 0 Å². The second kappa shape index (κ2) is 5.01. The smallest absolute Gasteiger partial charge is 0.0469 e. The Kier molecular flexibility index (Phi) is 3.65. The maximum absolute atomic E-state index is 5.51. The minimum Gasteiger partial charge on any atom is -0.381 e. The molecule has 3 nitrogen and oxygen atoms in total. The van der Waals surface area contributed by atoms with Crippen LogP contribution in [0.1, 0.15) is 46.5 Å². The summed E-state index contributed by atoms with van der Waals surface area (Å²) < 4.78 is 5.51. The number of rotatable bonds is 3. The van der Waals surface area contributed by atoms with Crippen LogP contribution in [0.5, 0.6) is 0 Å². The van der Waals surface area contributed by atoms with Crippen LogP contribution >= 0.6 is 0 Å². The monoisotopic (exact) mass is 266 g/mol. The summed E-state index contributed by atoms with van der Waals surface area (Å²) in [6.07, 6.45) is 5.38. The van der Waals surface area contributed by atoms with Crippen LogP contribution in [0.15, 0.2) is 0 Å². The van der Waals surface area contributed by atoms with E-state index in [1.54, 1.807) is 0 Å². The van der Waals surface area contributed by atoms with Crippen molar-refractivity contribution in [2.45, 2.75) is 57.5 Å². The molecule has 3 aliphatic rings. The zero-order chi connectivity index (χ0) is 13.5. The molecule has 1 saturated carbocycles. The van der Waals surface area contributed by atoms with Crippen LogP contribution in [0.3, 0.4) is 0 Å². The number of nitrogens with zero attached hydrogens (tertiary/aromatic N) is 1. The number of hydrogen-bond donors (Lipinski definition) is 1. The maximum Gasteiger partial charge on any atom is 0.0469 e. The molecule has 2 saturated heterocycles. The van der Waals surface area contributed by atoms with Gasteiger partial charge in [-0.3, -0.25) is 4.90 Å². The average Bonchev–Trinajstić information content (AvgIpc) is 3.20. The highest BCUT2D eigenvalue weighted by Crippen LogP contribution is 2.45. The van der Waals surface area contributed by atoms with Gasteiger partial charge in [0.25, 0.3) is 0 Å². The van der Waals surface area contributed by atoms with Crippen LogP contribution in [-0.2, 0) is 4.74 Å². The van der Waals surface area contributed by atoms with Crippen LogP contribution in [-0.4, -0.2) is 48.8 Å². The SMILES string of the molecule is CC1(C)CN(CC2CCOCC2)C(C)(C2CC2)CN1. The standard InChI is InChI=1S/C16H30N2O/c1-15(2)12-18(10-13-6-8-19-9-7-13)16(3,11-17-15)14-4-5-14/h13-14,17H,4-12H2,1-3H3. The molecule has 0 bridgehead atoms. The molecule has 0 aromatic rings. The van der Waals surface area contributed by atoms with Gasteiger partial charge in [-0.15, -0.1) is 0 Å². The Labute approximate surface area is 118 Å². The first kappa shape index (κ1) is 13.8. The molecule has 1 N–H and O–H groups in total. The Bertz CT molecular complexity index is 321. The van der Waals surface area contributed by atoms with Gasteiger partial charge in [-0.2, -0.15) is 0 Å². The maximum atomic E-state index is 5.51. The van der Waals surface area contributed by atoms with Gasteiger partial charge in [0, 0.05) is 43.9 Å². The summed E-state index contributed by atoms with van der Waals surface area (Å²) in [6.45, 7) is 12.8. The molecular weight excluding hydrogens is 236 g/mol. The van der Waals surface area contributed by atoms with Gasteiger partial charge in [0.05, 0.1) is 0 Å². The van der Waals surface area contributed by atoms with Crippen LogP contribution in [0.4, 0.5) is 0 Å². The molecule has 0 amide bonds. The van der Waals surface area contributed by atoms with E-state index in [0.717, 1.165) is 31.6 Å². The molecule has 0 spiro atoms. The number of hydrogen-bond acceptors (Lipinski definition) is 3. The van der Waals surface area contributed by atoms with E-state index in [-0.39, 0.29) is 5.54 Å². The fourth-order valence-corrected chi connectivity index (χ4v) is 3.87. The summed E-state index contributed by atoms with van der Waals surface area (Å²) in [7, 11) is 0. The van der Waals surface area contributed by atoms with Crippen molar-refractivity contribution in [3.63, 3.8) is 0 Å². The lowest BCUT2D eigenvalue weighted by molar-refractivity contribution is -0.0188. The normalized spacial score (nSPS) is 37.4. The third-order valence-electron chi connectivity index (χ3n) is 5.51. The van der Waals surface area contributed by atoms with Crippen molar-refractivity contribution in [2.24, 2.45) is 11.8 Å². The van der Waals surface area contributed by atoms with Crippen LogP contribution in [0.25, 0.3) is 0 Å². The van der Waals surface area contributed by atoms with E-state index in [2.05, 4.69) is 31.0 Å². The molecule has 0 aromatic heterocycles. The van der Waals surface area contributed by atoms with Gasteiger partial charge >= 0.3 is 0 Å². The van der Waals surface area contributed by atoms with Crippen molar-refractivity contribution in [2.75, 3.05) is 32.8 Å². The molecule has 0 radical (unpaired) electrons. The summed E-state index contributed by atoms with van der Waals surface area (Å²) in [5, 5.41) is 3.77. The first-order chi connectivity index (χ1) is 9.00. The van der Waals surface area contributed by atoms with Gasteiger partial charge in [-0.1, -0.05) is 0 Å². The average molecular weight is 266 g/mol. The van der Waals surface area contributed by atoms with Crippen molar-refractivity contribution in [1.29, 1.82) is 0 Å². The molecule has 3 heteroatoms. The van der Waals surface area contributed by atoms with Crippen LogP contribution in [0, 0.1) is 11.8 Å². The fraction of sp³-hybridized carbons (Fsp3) is 1.00. The van der Waals surface area contributed by atoms with E-state index in [9.17, 15) is 0 Å². The van der Waals surface area contributed by atoms with Crippen molar-refractivity contribution < 1.29 is 4.74 Å². The largest absolute Gasteiger partial charge is 0.381 e. The molecule has 2 aliphatic heterocycles. The number of nitrogens with one attached hydrogen (secondary N) is 1. The van der Waals surface area contributed by atoms with Crippen molar-refractivity contribution >= 4 is 0 Å². The third kappa shape index (κ3) is 2.98. The second-order valence-corrected chi connectivity index (χ2v) is 7.81. The molecule has 3 fully saturated rings. The van der Waals surface area contributed by atoms with Crippen LogP contribution < -0.4 is 5.32 Å². The van der Waals surface area contributed by atoms with Gasteiger partial charge in [-0.25, -0.2) is 0 Å². The molecule has 1 unspecified atom stereocenters. The summed E-state index contributed by atoms with van der Waals surface area (Å²) in [5.74, 6) is 1.77. The quantitative estimate of drug-likeness (QED) is 0.848. The lowest BCUT2D eigenvalue weighted by atomic mass is 9.84. The Morgan fingerprint density at radius 1 is 1.11 bits per heavy atom. The van der Waals surface area contributed by atoms with Crippen molar-refractivity contribution in [3.8, 4) is 0 Å².